The van der Waals surface area contributed by atoms with Gasteiger partial charge in [-0.1, -0.05) is 95.7 Å². The average Bonchev–Trinajstić information content (AvgIpc) is 3.13. The first kappa shape index (κ1) is 16.9. The molecule has 0 saturated heterocycles. The lowest BCUT2D eigenvalue weighted by atomic mass is 10.0. The quantitative estimate of drug-likeness (QED) is 0.495. The molecule has 0 bridgehead atoms. The second-order valence-electron chi connectivity index (χ2n) is 6.49. The van der Waals surface area contributed by atoms with Crippen LogP contribution in [-0.2, 0) is 6.54 Å². The molecule has 0 aliphatic carbocycles. The van der Waals surface area contributed by atoms with Gasteiger partial charge < -0.3 is 0 Å². The van der Waals surface area contributed by atoms with Crippen molar-refractivity contribution in [1.82, 2.24) is 15.0 Å². The number of carbonyl (C=O) groups is 1. The van der Waals surface area contributed by atoms with Gasteiger partial charge in [-0.2, -0.15) is 0 Å². The van der Waals surface area contributed by atoms with Crippen LogP contribution < -0.4 is 0 Å². The third-order valence-electron chi connectivity index (χ3n) is 4.49. The second-order valence-corrected chi connectivity index (χ2v) is 6.49. The van der Waals surface area contributed by atoms with Gasteiger partial charge in [-0.25, -0.2) is 4.68 Å². The van der Waals surface area contributed by atoms with Crippen molar-refractivity contribution in [3.05, 3.63) is 107 Å². The molecule has 4 nitrogen and oxygen atoms in total. The third kappa shape index (κ3) is 3.55. The van der Waals surface area contributed by atoms with E-state index in [0.29, 0.717) is 23.5 Å². The van der Waals surface area contributed by atoms with Crippen LogP contribution in [0, 0.1) is 6.92 Å². The summed E-state index contributed by atoms with van der Waals surface area (Å²) < 4.78 is 1.69. The van der Waals surface area contributed by atoms with Gasteiger partial charge in [0.25, 0.3) is 0 Å². The Labute approximate surface area is 158 Å². The van der Waals surface area contributed by atoms with Gasteiger partial charge in [-0.05, 0) is 12.5 Å². The highest BCUT2D eigenvalue weighted by molar-refractivity contribution is 6.11. The van der Waals surface area contributed by atoms with Gasteiger partial charge >= 0.3 is 0 Å². The van der Waals surface area contributed by atoms with Crippen molar-refractivity contribution >= 4 is 5.78 Å². The maximum atomic E-state index is 13.3. The van der Waals surface area contributed by atoms with Crippen molar-refractivity contribution in [3.8, 4) is 11.3 Å². The Morgan fingerprint density at radius 2 is 1.48 bits per heavy atom. The number of aromatic nitrogens is 3. The zero-order chi connectivity index (χ0) is 18.6. The second kappa shape index (κ2) is 7.38. The van der Waals surface area contributed by atoms with Crippen LogP contribution in [0.5, 0.6) is 0 Å². The van der Waals surface area contributed by atoms with Crippen molar-refractivity contribution < 1.29 is 4.79 Å². The highest BCUT2D eigenvalue weighted by Gasteiger charge is 2.23. The molecule has 0 spiro atoms. The summed E-state index contributed by atoms with van der Waals surface area (Å²) in [6.07, 6.45) is 0. The Kier molecular flexibility index (Phi) is 4.62. The predicted molar refractivity (Wildman–Crippen MR) is 106 cm³/mol. The third-order valence-corrected chi connectivity index (χ3v) is 4.49. The lowest BCUT2D eigenvalue weighted by Crippen LogP contribution is -2.13. The topological polar surface area (TPSA) is 47.8 Å². The summed E-state index contributed by atoms with van der Waals surface area (Å²) in [5.74, 6) is -0.0743. The van der Waals surface area contributed by atoms with Gasteiger partial charge in [0.1, 0.15) is 11.4 Å². The van der Waals surface area contributed by atoms with E-state index in [9.17, 15) is 4.79 Å². The predicted octanol–water partition coefficient (Wildman–Crippen LogP) is 4.53. The lowest BCUT2D eigenvalue weighted by molar-refractivity contribution is 0.103. The highest BCUT2D eigenvalue weighted by atomic mass is 16.1. The van der Waals surface area contributed by atoms with E-state index in [4.69, 9.17) is 0 Å². The molecule has 4 heteroatoms. The van der Waals surface area contributed by atoms with E-state index >= 15 is 0 Å². The molecule has 0 aliphatic rings. The molecular formula is C23H19N3O. The first-order chi connectivity index (χ1) is 13.2. The highest BCUT2D eigenvalue weighted by Crippen LogP contribution is 2.24. The fourth-order valence-corrected chi connectivity index (χ4v) is 3.04. The van der Waals surface area contributed by atoms with Gasteiger partial charge in [0.05, 0.1) is 6.54 Å². The summed E-state index contributed by atoms with van der Waals surface area (Å²) in [5, 5.41) is 8.64. The van der Waals surface area contributed by atoms with E-state index in [-0.39, 0.29) is 5.78 Å². The maximum Gasteiger partial charge on any atom is 0.213 e. The molecule has 0 saturated carbocycles. The largest absolute Gasteiger partial charge is 0.287 e. The minimum atomic E-state index is -0.0743. The van der Waals surface area contributed by atoms with Crippen LogP contribution in [0.4, 0.5) is 0 Å². The first-order valence-corrected chi connectivity index (χ1v) is 8.86. The number of nitrogens with zero attached hydrogens (tertiary/aromatic N) is 3. The van der Waals surface area contributed by atoms with Gasteiger partial charge in [-0.3, -0.25) is 4.79 Å². The van der Waals surface area contributed by atoms with Crippen molar-refractivity contribution in [3.63, 3.8) is 0 Å². The van der Waals surface area contributed by atoms with Crippen LogP contribution in [0.2, 0.25) is 0 Å². The van der Waals surface area contributed by atoms with Crippen LogP contribution in [0.3, 0.4) is 0 Å². The molecule has 0 aliphatic heterocycles. The van der Waals surface area contributed by atoms with E-state index in [1.165, 1.54) is 0 Å². The normalized spacial score (nSPS) is 10.7. The molecule has 1 heterocycles. The minimum absolute atomic E-state index is 0.0743. The fraction of sp³-hybridized carbons (Fsp3) is 0.0870. The summed E-state index contributed by atoms with van der Waals surface area (Å²) in [7, 11) is 0. The molecular weight excluding hydrogens is 334 g/mol. The molecule has 27 heavy (non-hydrogen) atoms. The number of rotatable bonds is 5. The molecule has 0 unspecified atom stereocenters. The molecule has 0 atom stereocenters. The van der Waals surface area contributed by atoms with Crippen LogP contribution >= 0.6 is 0 Å². The summed E-state index contributed by atoms with van der Waals surface area (Å²) in [6.45, 7) is 2.50. The van der Waals surface area contributed by atoms with Crippen LogP contribution in [0.15, 0.2) is 84.9 Å². The molecule has 1 aromatic heterocycles. The van der Waals surface area contributed by atoms with Crippen molar-refractivity contribution in [2.45, 2.75) is 13.5 Å². The smallest absolute Gasteiger partial charge is 0.213 e. The average molecular weight is 353 g/mol. The van der Waals surface area contributed by atoms with Crippen LogP contribution in [0.1, 0.15) is 27.2 Å². The van der Waals surface area contributed by atoms with Crippen molar-refractivity contribution in [1.29, 1.82) is 0 Å². The van der Waals surface area contributed by atoms with Crippen LogP contribution in [-0.4, -0.2) is 20.8 Å². The van der Waals surface area contributed by atoms with Gasteiger partial charge in [0.2, 0.25) is 5.78 Å². The Morgan fingerprint density at radius 3 is 2.15 bits per heavy atom. The summed E-state index contributed by atoms with van der Waals surface area (Å²) in [4.78, 5) is 13.3. The van der Waals surface area contributed by atoms with Crippen LogP contribution in [0.25, 0.3) is 11.3 Å². The molecule has 0 fully saturated rings. The zero-order valence-corrected chi connectivity index (χ0v) is 15.0. The molecule has 0 N–H and O–H groups in total. The van der Waals surface area contributed by atoms with Crippen molar-refractivity contribution in [2.24, 2.45) is 0 Å². The minimum Gasteiger partial charge on any atom is -0.287 e. The summed E-state index contributed by atoms with van der Waals surface area (Å²) in [6, 6.07) is 27.3. The Balaban J connectivity index is 1.81. The van der Waals surface area contributed by atoms with E-state index < -0.39 is 0 Å². The monoisotopic (exact) mass is 353 g/mol. The van der Waals surface area contributed by atoms with E-state index in [1.54, 1.807) is 4.68 Å². The number of benzene rings is 3. The molecule has 0 radical (unpaired) electrons. The Bertz CT molecular complexity index is 1050. The van der Waals surface area contributed by atoms with E-state index in [0.717, 1.165) is 16.7 Å². The number of hydrogen-bond acceptors (Lipinski definition) is 3. The fourth-order valence-electron chi connectivity index (χ4n) is 3.04. The molecule has 0 amide bonds. The molecule has 4 aromatic rings. The summed E-state index contributed by atoms with van der Waals surface area (Å²) in [5.41, 5.74) is 4.82. The molecule has 132 valence electrons. The Morgan fingerprint density at radius 1 is 0.852 bits per heavy atom. The molecule has 4 rings (SSSR count). The number of aryl methyl sites for hydroxylation is 1. The number of carbonyl (C=O) groups excluding carboxylic acids is 1. The number of hydrogen-bond donors (Lipinski definition) is 0. The first-order valence-electron chi connectivity index (χ1n) is 8.86. The SMILES string of the molecule is Cc1ccc(C(=O)c2c(-c3ccccc3)nnn2Cc2ccccc2)cc1. The zero-order valence-electron chi connectivity index (χ0n) is 15.0. The van der Waals surface area contributed by atoms with E-state index in [2.05, 4.69) is 10.3 Å². The number of ketones is 1. The van der Waals surface area contributed by atoms with Gasteiger partial charge in [0.15, 0.2) is 0 Å². The van der Waals surface area contributed by atoms with Crippen molar-refractivity contribution in [2.75, 3.05) is 0 Å². The Hall–Kier alpha value is -3.53. The standard InChI is InChI=1S/C23H19N3O/c1-17-12-14-20(15-13-17)23(27)22-21(19-10-6-3-7-11-19)24-25-26(22)16-18-8-4-2-5-9-18/h2-15H,16H2,1H3. The lowest BCUT2D eigenvalue weighted by Gasteiger charge is -2.08. The van der Waals surface area contributed by atoms with Gasteiger partial charge in [-0.15, -0.1) is 5.10 Å². The maximum absolute atomic E-state index is 13.3. The summed E-state index contributed by atoms with van der Waals surface area (Å²) >= 11 is 0. The van der Waals surface area contributed by atoms with E-state index in [1.807, 2.05) is 91.9 Å². The molecule has 3 aromatic carbocycles. The van der Waals surface area contributed by atoms with Gasteiger partial charge in [0, 0.05) is 11.1 Å².